The number of aromatic nitrogens is 2. The monoisotopic (exact) mass is 489 g/mol. The summed E-state index contributed by atoms with van der Waals surface area (Å²) >= 11 is 0. The summed E-state index contributed by atoms with van der Waals surface area (Å²) in [6, 6.07) is 1.23. The highest BCUT2D eigenvalue weighted by atomic mass is 32.2. The third-order valence-electron chi connectivity index (χ3n) is 4.92. The van der Waals surface area contributed by atoms with Gasteiger partial charge in [0, 0.05) is 24.4 Å². The maximum absolute atomic E-state index is 14.0. The minimum absolute atomic E-state index is 0.0118. The summed E-state index contributed by atoms with van der Waals surface area (Å²) < 4.78 is 146. The second kappa shape index (κ2) is 7.54. The molecule has 0 aromatic carbocycles. The topological polar surface area (TPSA) is 108 Å². The fraction of sp³-hybridized carbons (Fsp3) is 0.412. The van der Waals surface area contributed by atoms with Crippen LogP contribution in [0, 0.1) is 22.6 Å². The molecule has 7 nitrogen and oxygen atoms in total. The van der Waals surface area contributed by atoms with E-state index in [0.29, 0.717) is 0 Å². The summed E-state index contributed by atoms with van der Waals surface area (Å²) in [6.07, 6.45) is -11.7. The zero-order chi connectivity index (χ0) is 26.6. The van der Waals surface area contributed by atoms with Crippen LogP contribution in [-0.4, -0.2) is 31.6 Å². The van der Waals surface area contributed by atoms with E-state index in [0.717, 1.165) is 6.20 Å². The predicted octanol–water partition coefficient (Wildman–Crippen LogP) is 3.94. The lowest BCUT2D eigenvalue weighted by molar-refractivity contribution is -0.206. The van der Waals surface area contributed by atoms with Gasteiger partial charge in [0.15, 0.2) is 16.9 Å². The molecule has 3 rings (SSSR count). The van der Waals surface area contributed by atoms with Gasteiger partial charge >= 0.3 is 12.4 Å². The smallest absolute Gasteiger partial charge is 0.436 e. The fourth-order valence-electron chi connectivity index (χ4n) is 3.30. The average molecular weight is 489 g/mol. The van der Waals surface area contributed by atoms with E-state index < -0.39 is 82.1 Å². The van der Waals surface area contributed by atoms with E-state index in [1.165, 1.54) is 6.07 Å². The van der Waals surface area contributed by atoms with Crippen LogP contribution in [0.25, 0.3) is 0 Å². The number of H-pyrrole nitrogens is 1. The van der Waals surface area contributed by atoms with Gasteiger partial charge in [-0.1, -0.05) is 0 Å². The van der Waals surface area contributed by atoms with Crippen LogP contribution in [-0.2, 0) is 29.0 Å². The molecule has 0 radical (unpaired) electrons. The molecule has 32 heavy (non-hydrogen) atoms. The number of sulfonamides is 1. The van der Waals surface area contributed by atoms with E-state index in [1.54, 1.807) is 4.72 Å². The number of alkyl halides is 6. The van der Waals surface area contributed by atoms with Gasteiger partial charge in [-0.2, -0.15) is 31.6 Å². The second-order valence-electron chi connectivity index (χ2n) is 6.86. The molecule has 1 atom stereocenters. The van der Waals surface area contributed by atoms with E-state index in [9.17, 15) is 39.2 Å². The SMILES string of the molecule is [2H]C([2H])([2H])Oc1nc(C(F)(F)F)c(F)cc1NS(=O)(=O)c1c[nH]c2c1CC[C@](C#N)(C(F)(F)F)C2. The molecule has 2 aromatic rings. The number of methoxy groups -OCH3 is 1. The van der Waals surface area contributed by atoms with E-state index >= 15 is 0 Å². The van der Waals surface area contributed by atoms with E-state index in [-0.39, 0.29) is 17.3 Å². The van der Waals surface area contributed by atoms with Crippen molar-refractivity contribution in [1.29, 1.82) is 5.26 Å². The van der Waals surface area contributed by atoms with Crippen LogP contribution >= 0.6 is 0 Å². The highest BCUT2D eigenvalue weighted by Gasteiger charge is 2.57. The number of rotatable bonds is 4. The Labute approximate surface area is 180 Å². The Balaban J connectivity index is 2.03. The minimum atomic E-state index is -5.38. The highest BCUT2D eigenvalue weighted by molar-refractivity contribution is 7.92. The van der Waals surface area contributed by atoms with Crippen LogP contribution in [0.2, 0.25) is 0 Å². The first-order chi connectivity index (χ1) is 15.8. The van der Waals surface area contributed by atoms with Gasteiger partial charge in [0.1, 0.15) is 10.6 Å². The number of hydrogen-bond acceptors (Lipinski definition) is 5. The van der Waals surface area contributed by atoms with Crippen molar-refractivity contribution in [2.75, 3.05) is 11.8 Å². The fourth-order valence-corrected chi connectivity index (χ4v) is 4.61. The number of pyridine rings is 1. The van der Waals surface area contributed by atoms with Crippen molar-refractivity contribution >= 4 is 15.7 Å². The number of aromatic amines is 1. The number of ether oxygens (including phenoxy) is 1. The standard InChI is InChI=1S/C17H13F7N4O3S/c1-31-14-10(4-9(18)13(27-14)16(19,20)21)28-32(29,30)12-6-26-11-5-15(7-25,17(22,23)24)3-2-8(11)12/h4,6,26,28H,2-3,5H2,1H3/t15-/m0/s1/i1D3. The first-order valence-corrected chi connectivity index (χ1v) is 9.95. The third-order valence-corrected chi connectivity index (χ3v) is 6.35. The highest BCUT2D eigenvalue weighted by Crippen LogP contribution is 2.48. The molecule has 1 aliphatic rings. The lowest BCUT2D eigenvalue weighted by Gasteiger charge is -2.32. The average Bonchev–Trinajstić information content (AvgIpc) is 3.10. The molecule has 0 saturated carbocycles. The second-order valence-corrected chi connectivity index (χ2v) is 8.51. The van der Waals surface area contributed by atoms with E-state index in [2.05, 4.69) is 14.7 Å². The molecule has 2 aromatic heterocycles. The molecule has 2 heterocycles. The van der Waals surface area contributed by atoms with Crippen molar-refractivity contribution in [1.82, 2.24) is 9.97 Å². The maximum atomic E-state index is 14.0. The number of anilines is 1. The molecular formula is C17H13F7N4O3S. The number of halogens is 7. The molecule has 0 spiro atoms. The van der Waals surface area contributed by atoms with Crippen molar-refractivity contribution < 1.29 is 48.0 Å². The van der Waals surface area contributed by atoms with Gasteiger partial charge in [0.25, 0.3) is 10.0 Å². The van der Waals surface area contributed by atoms with Gasteiger partial charge in [0.2, 0.25) is 5.88 Å². The van der Waals surface area contributed by atoms with E-state index in [1.807, 2.05) is 0 Å². The number of nitrogens with zero attached hydrogens (tertiary/aromatic N) is 2. The van der Waals surface area contributed by atoms with Crippen LogP contribution in [0.15, 0.2) is 17.2 Å². The van der Waals surface area contributed by atoms with Crippen molar-refractivity contribution in [3.05, 3.63) is 35.0 Å². The summed E-state index contributed by atoms with van der Waals surface area (Å²) in [5, 5.41) is 9.10. The molecule has 0 amide bonds. The largest absolute Gasteiger partial charge is 0.479 e. The quantitative estimate of drug-likeness (QED) is 0.633. The van der Waals surface area contributed by atoms with E-state index in [4.69, 9.17) is 9.37 Å². The zero-order valence-corrected chi connectivity index (χ0v) is 16.3. The van der Waals surface area contributed by atoms with Gasteiger partial charge < -0.3 is 9.72 Å². The Morgan fingerprint density at radius 2 is 2.03 bits per heavy atom. The molecule has 2 N–H and O–H groups in total. The van der Waals surface area contributed by atoms with Crippen LogP contribution < -0.4 is 9.46 Å². The summed E-state index contributed by atoms with van der Waals surface area (Å²) in [5.74, 6) is -3.46. The first kappa shape index (κ1) is 19.6. The molecular weight excluding hydrogens is 473 g/mol. The lowest BCUT2D eigenvalue weighted by atomic mass is 9.74. The van der Waals surface area contributed by atoms with Gasteiger partial charge in [-0.15, -0.1) is 0 Å². The Bertz CT molecular complexity index is 1300. The predicted molar refractivity (Wildman–Crippen MR) is 93.5 cm³/mol. The Morgan fingerprint density at radius 3 is 2.59 bits per heavy atom. The summed E-state index contributed by atoms with van der Waals surface area (Å²) in [4.78, 5) is 4.47. The summed E-state index contributed by atoms with van der Waals surface area (Å²) in [5.41, 5.74) is -6.38. The Kier molecular flexibility index (Phi) is 4.63. The van der Waals surface area contributed by atoms with Crippen molar-refractivity contribution in [2.45, 2.75) is 36.5 Å². The lowest BCUT2D eigenvalue weighted by Crippen LogP contribution is -2.41. The van der Waals surface area contributed by atoms with Crippen LogP contribution in [0.1, 0.15) is 27.5 Å². The molecule has 0 aliphatic heterocycles. The third kappa shape index (κ3) is 3.94. The summed E-state index contributed by atoms with van der Waals surface area (Å²) in [7, 11) is -8.23. The molecule has 0 unspecified atom stereocenters. The number of nitrogens with one attached hydrogen (secondary N) is 2. The molecule has 1 aliphatic carbocycles. The van der Waals surface area contributed by atoms with Gasteiger partial charge in [-0.3, -0.25) is 4.72 Å². The van der Waals surface area contributed by atoms with Crippen LogP contribution in [0.5, 0.6) is 5.88 Å². The van der Waals surface area contributed by atoms with Gasteiger partial charge in [-0.05, 0) is 18.4 Å². The Hall–Kier alpha value is -3.02. The number of hydrogen-bond donors (Lipinski definition) is 2. The summed E-state index contributed by atoms with van der Waals surface area (Å²) in [6.45, 7) is 0. The Morgan fingerprint density at radius 1 is 1.34 bits per heavy atom. The normalized spacial score (nSPS) is 21.0. The van der Waals surface area contributed by atoms with Gasteiger partial charge in [0.05, 0.1) is 17.2 Å². The van der Waals surface area contributed by atoms with Crippen LogP contribution in [0.4, 0.5) is 36.4 Å². The van der Waals surface area contributed by atoms with Crippen molar-refractivity contribution in [3.8, 4) is 11.9 Å². The number of nitriles is 1. The minimum Gasteiger partial charge on any atom is -0.479 e. The molecule has 0 fully saturated rings. The molecule has 15 heteroatoms. The maximum Gasteiger partial charge on any atom is 0.436 e. The zero-order valence-electron chi connectivity index (χ0n) is 18.4. The first-order valence-electron chi connectivity index (χ1n) is 9.96. The van der Waals surface area contributed by atoms with Gasteiger partial charge in [-0.25, -0.2) is 17.8 Å². The molecule has 0 bridgehead atoms. The van der Waals surface area contributed by atoms with Crippen molar-refractivity contribution in [3.63, 3.8) is 0 Å². The van der Waals surface area contributed by atoms with Crippen LogP contribution in [0.3, 0.4) is 0 Å². The van der Waals surface area contributed by atoms with Crippen molar-refractivity contribution in [2.24, 2.45) is 5.41 Å². The molecule has 0 saturated heterocycles. The molecule has 174 valence electrons. The number of fused-ring (bicyclic) bond motifs is 1.